The Morgan fingerprint density at radius 3 is 2.31 bits per heavy atom. The Bertz CT molecular complexity index is 1470. The number of carbonyl (C=O) groups is 2. The van der Waals surface area contributed by atoms with Crippen LogP contribution in [0.1, 0.15) is 36.5 Å². The van der Waals surface area contributed by atoms with E-state index in [-0.39, 0.29) is 10.7 Å². The first-order valence-electron chi connectivity index (χ1n) is 11.6. The van der Waals surface area contributed by atoms with Gasteiger partial charge in [0.05, 0.1) is 5.69 Å². The van der Waals surface area contributed by atoms with Crippen molar-refractivity contribution in [2.45, 2.75) is 26.3 Å². The third-order valence-corrected chi connectivity index (χ3v) is 6.52. The van der Waals surface area contributed by atoms with Gasteiger partial charge in [0.25, 0.3) is 11.8 Å². The van der Waals surface area contributed by atoms with Crippen LogP contribution in [0.3, 0.4) is 0 Å². The Kier molecular flexibility index (Phi) is 6.05. The van der Waals surface area contributed by atoms with Gasteiger partial charge in [-0.2, -0.15) is 0 Å². The molecule has 1 saturated heterocycles. The molecule has 6 heteroatoms. The molecule has 35 heavy (non-hydrogen) atoms. The zero-order chi connectivity index (χ0) is 24.5. The first-order chi connectivity index (χ1) is 16.9. The largest absolute Gasteiger partial charge is 0.342 e. The molecule has 4 aromatic rings. The summed E-state index contributed by atoms with van der Waals surface area (Å²) in [6.45, 7) is 4.91. The summed E-state index contributed by atoms with van der Waals surface area (Å²) in [5.74, 6) is -0.553. The highest BCUT2D eigenvalue weighted by molar-refractivity contribution is 7.80. The van der Waals surface area contributed by atoms with E-state index in [0.29, 0.717) is 18.2 Å². The molecule has 5 nitrogen and oxygen atoms in total. The van der Waals surface area contributed by atoms with Crippen LogP contribution in [0.25, 0.3) is 17.0 Å². The van der Waals surface area contributed by atoms with E-state index in [9.17, 15) is 9.59 Å². The number of amides is 2. The summed E-state index contributed by atoms with van der Waals surface area (Å²) in [5, 5.41) is 3.74. The molecule has 2 heterocycles. The molecule has 2 amide bonds. The van der Waals surface area contributed by atoms with E-state index in [4.69, 9.17) is 12.2 Å². The van der Waals surface area contributed by atoms with E-state index < -0.39 is 11.8 Å². The maximum atomic E-state index is 13.5. The number of carbonyl (C=O) groups excluding carboxylic acids is 2. The van der Waals surface area contributed by atoms with Crippen molar-refractivity contribution >= 4 is 51.8 Å². The highest BCUT2D eigenvalue weighted by atomic mass is 32.1. The summed E-state index contributed by atoms with van der Waals surface area (Å²) in [4.78, 5) is 27.7. The van der Waals surface area contributed by atoms with Gasteiger partial charge in [-0.25, -0.2) is 0 Å². The van der Waals surface area contributed by atoms with Crippen molar-refractivity contribution in [3.05, 3.63) is 107 Å². The molecule has 1 aromatic heterocycles. The maximum absolute atomic E-state index is 13.5. The second-order valence-corrected chi connectivity index (χ2v) is 9.31. The third-order valence-electron chi connectivity index (χ3n) is 6.23. The number of para-hydroxylation sites is 1. The van der Waals surface area contributed by atoms with E-state index >= 15 is 0 Å². The number of hydrogen-bond donors (Lipinski definition) is 1. The van der Waals surface area contributed by atoms with Gasteiger partial charge in [0, 0.05) is 29.2 Å². The van der Waals surface area contributed by atoms with Crippen molar-refractivity contribution in [2.24, 2.45) is 0 Å². The first-order valence-corrected chi connectivity index (χ1v) is 12.0. The summed E-state index contributed by atoms with van der Waals surface area (Å²) in [6.07, 6.45) is 3.65. The summed E-state index contributed by atoms with van der Waals surface area (Å²) in [6, 6.07) is 25.8. The van der Waals surface area contributed by atoms with Crippen molar-refractivity contribution in [3.8, 4) is 0 Å². The molecule has 1 aliphatic rings. The van der Waals surface area contributed by atoms with Gasteiger partial charge in [-0.3, -0.25) is 19.8 Å². The van der Waals surface area contributed by atoms with E-state index in [1.54, 1.807) is 6.08 Å². The predicted octanol–water partition coefficient (Wildman–Crippen LogP) is 5.64. The van der Waals surface area contributed by atoms with E-state index in [1.807, 2.05) is 72.9 Å². The number of aromatic nitrogens is 1. The second kappa shape index (κ2) is 9.31. The first kappa shape index (κ1) is 22.7. The normalized spacial score (nSPS) is 15.3. The Balaban J connectivity index is 1.54. The lowest BCUT2D eigenvalue weighted by molar-refractivity contribution is -0.122. The fourth-order valence-corrected chi connectivity index (χ4v) is 4.64. The minimum Gasteiger partial charge on any atom is -0.342 e. The smallest absolute Gasteiger partial charge is 0.270 e. The van der Waals surface area contributed by atoms with Crippen molar-refractivity contribution in [3.63, 3.8) is 0 Å². The van der Waals surface area contributed by atoms with Crippen LogP contribution in [0.15, 0.2) is 90.6 Å². The minimum absolute atomic E-state index is 0.0501. The van der Waals surface area contributed by atoms with Crippen LogP contribution in [0.2, 0.25) is 0 Å². The number of anilines is 1. The topological polar surface area (TPSA) is 54.3 Å². The Labute approximate surface area is 209 Å². The minimum atomic E-state index is -0.491. The molecule has 5 rings (SSSR count). The molecule has 0 aliphatic carbocycles. The number of hydrogen-bond acceptors (Lipinski definition) is 3. The molecule has 0 saturated carbocycles. The fraction of sp³-hybridized carbons (Fsp3) is 0.138. The summed E-state index contributed by atoms with van der Waals surface area (Å²) in [5.41, 5.74) is 4.84. The summed E-state index contributed by atoms with van der Waals surface area (Å²) in [7, 11) is 0. The van der Waals surface area contributed by atoms with Crippen LogP contribution >= 0.6 is 12.2 Å². The van der Waals surface area contributed by atoms with Crippen LogP contribution in [-0.2, 0) is 16.1 Å². The van der Waals surface area contributed by atoms with Gasteiger partial charge in [0.15, 0.2) is 5.11 Å². The van der Waals surface area contributed by atoms with Gasteiger partial charge >= 0.3 is 0 Å². The Morgan fingerprint density at radius 2 is 1.60 bits per heavy atom. The van der Waals surface area contributed by atoms with Gasteiger partial charge in [-0.15, -0.1) is 0 Å². The monoisotopic (exact) mass is 479 g/mol. The second-order valence-electron chi connectivity index (χ2n) is 8.92. The lowest BCUT2D eigenvalue weighted by Gasteiger charge is -2.29. The van der Waals surface area contributed by atoms with E-state index in [0.717, 1.165) is 22.0 Å². The Hall–Kier alpha value is -4.03. The fourth-order valence-electron chi connectivity index (χ4n) is 4.36. The molecule has 0 bridgehead atoms. The van der Waals surface area contributed by atoms with Crippen molar-refractivity contribution in [1.29, 1.82) is 0 Å². The lowest BCUT2D eigenvalue weighted by Crippen LogP contribution is -2.54. The lowest BCUT2D eigenvalue weighted by atomic mass is 10.0. The number of nitrogens with one attached hydrogen (secondary N) is 1. The third kappa shape index (κ3) is 4.40. The average molecular weight is 480 g/mol. The molecule has 0 atom stereocenters. The molecule has 1 N–H and O–H groups in total. The quantitative estimate of drug-likeness (QED) is 0.229. The van der Waals surface area contributed by atoms with Gasteiger partial charge in [-0.1, -0.05) is 74.5 Å². The molecular formula is C29H25N3O2S. The van der Waals surface area contributed by atoms with Gasteiger partial charge in [0.1, 0.15) is 5.57 Å². The number of nitrogens with zero attached hydrogens (tertiary/aromatic N) is 2. The maximum Gasteiger partial charge on any atom is 0.270 e. The summed E-state index contributed by atoms with van der Waals surface area (Å²) >= 11 is 5.36. The number of thiocarbonyl (C=S) groups is 1. The number of benzene rings is 3. The van der Waals surface area contributed by atoms with Crippen LogP contribution < -0.4 is 10.2 Å². The number of rotatable bonds is 5. The average Bonchev–Trinajstić information content (AvgIpc) is 3.19. The highest BCUT2D eigenvalue weighted by Gasteiger charge is 2.34. The van der Waals surface area contributed by atoms with Crippen LogP contribution in [-0.4, -0.2) is 21.5 Å². The SMILES string of the molecule is CC(C)c1ccc(N2C(=O)C(=Cc3cn(Cc4ccccc4)c4ccccc34)C(=O)NC2=S)cc1. The van der Waals surface area contributed by atoms with Crippen molar-refractivity contribution in [2.75, 3.05) is 4.90 Å². The van der Waals surface area contributed by atoms with Gasteiger partial charge < -0.3 is 4.57 Å². The number of fused-ring (bicyclic) bond motifs is 1. The highest BCUT2D eigenvalue weighted by Crippen LogP contribution is 2.28. The van der Waals surface area contributed by atoms with E-state index in [2.05, 4.69) is 35.9 Å². The molecule has 174 valence electrons. The Morgan fingerprint density at radius 1 is 0.914 bits per heavy atom. The van der Waals surface area contributed by atoms with Crippen LogP contribution in [0.5, 0.6) is 0 Å². The molecule has 1 aliphatic heterocycles. The molecule has 0 unspecified atom stereocenters. The predicted molar refractivity (Wildman–Crippen MR) is 144 cm³/mol. The van der Waals surface area contributed by atoms with Gasteiger partial charge in [0.2, 0.25) is 0 Å². The molecule has 0 radical (unpaired) electrons. The van der Waals surface area contributed by atoms with Crippen molar-refractivity contribution < 1.29 is 9.59 Å². The van der Waals surface area contributed by atoms with Gasteiger partial charge in [-0.05, 0) is 53.5 Å². The van der Waals surface area contributed by atoms with Crippen LogP contribution in [0.4, 0.5) is 5.69 Å². The summed E-state index contributed by atoms with van der Waals surface area (Å²) < 4.78 is 2.13. The van der Waals surface area contributed by atoms with Crippen molar-refractivity contribution in [1.82, 2.24) is 9.88 Å². The zero-order valence-corrected chi connectivity index (χ0v) is 20.4. The standard InChI is InChI=1S/C29H25N3O2S/c1-19(2)21-12-14-23(15-13-21)32-28(34)25(27(33)30-29(32)35)16-22-18-31(17-20-8-4-3-5-9-20)26-11-7-6-10-24(22)26/h3-16,18-19H,17H2,1-2H3,(H,30,33,35). The van der Waals surface area contributed by atoms with Crippen LogP contribution in [0, 0.1) is 0 Å². The molecule has 0 spiro atoms. The molecule has 3 aromatic carbocycles. The zero-order valence-electron chi connectivity index (χ0n) is 19.6. The van der Waals surface area contributed by atoms with E-state index in [1.165, 1.54) is 10.5 Å². The molecule has 1 fully saturated rings. The molecular weight excluding hydrogens is 454 g/mol.